The van der Waals surface area contributed by atoms with Gasteiger partial charge in [0.2, 0.25) is 0 Å². The first-order valence-corrected chi connectivity index (χ1v) is 7.47. The van der Waals surface area contributed by atoms with Crippen molar-refractivity contribution in [3.05, 3.63) is 43.0 Å². The van der Waals surface area contributed by atoms with E-state index in [2.05, 4.69) is 6.58 Å². The molecule has 0 bridgehead atoms. The third kappa shape index (κ3) is 16.5. The molecule has 0 saturated carbocycles. The van der Waals surface area contributed by atoms with Crippen molar-refractivity contribution in [2.75, 3.05) is 19.8 Å². The van der Waals surface area contributed by atoms with E-state index in [4.69, 9.17) is 27.0 Å². The lowest BCUT2D eigenvalue weighted by Crippen LogP contribution is -2.17. The van der Waals surface area contributed by atoms with Crippen LogP contribution in [0.3, 0.4) is 0 Å². The summed E-state index contributed by atoms with van der Waals surface area (Å²) in [5.74, 6) is 0.831. The molecule has 0 aliphatic heterocycles. The van der Waals surface area contributed by atoms with E-state index in [-0.39, 0.29) is 0 Å². The molecule has 0 radical (unpaired) electrons. The van der Waals surface area contributed by atoms with E-state index in [1.807, 2.05) is 30.3 Å². The highest BCUT2D eigenvalue weighted by atomic mass is 32.3. The van der Waals surface area contributed by atoms with Gasteiger partial charge in [0.25, 0.3) is 0 Å². The first-order chi connectivity index (χ1) is 9.83. The Morgan fingerprint density at radius 2 is 1.76 bits per heavy atom. The molecule has 0 amide bonds. The van der Waals surface area contributed by atoms with Crippen molar-refractivity contribution >= 4 is 10.4 Å². The Balaban J connectivity index is 0.000000690. The summed E-state index contributed by atoms with van der Waals surface area (Å²) < 4.78 is 42.3. The SMILES string of the molecule is C=CCC(O)COCCOc1ccccc1.O=S(=O)(O)O. The second kappa shape index (κ2) is 11.2. The summed E-state index contributed by atoms with van der Waals surface area (Å²) in [6.45, 7) is 4.83. The van der Waals surface area contributed by atoms with Crippen LogP contribution >= 0.6 is 0 Å². The lowest BCUT2D eigenvalue weighted by molar-refractivity contribution is 0.0262. The molecule has 0 saturated heterocycles. The molecule has 0 aliphatic rings. The highest BCUT2D eigenvalue weighted by molar-refractivity contribution is 7.79. The average molecular weight is 320 g/mol. The Morgan fingerprint density at radius 1 is 1.19 bits per heavy atom. The van der Waals surface area contributed by atoms with Crippen molar-refractivity contribution in [2.24, 2.45) is 0 Å². The summed E-state index contributed by atoms with van der Waals surface area (Å²) in [6, 6.07) is 9.57. The third-order valence-electron chi connectivity index (χ3n) is 1.99. The van der Waals surface area contributed by atoms with Crippen LogP contribution in [0.15, 0.2) is 43.0 Å². The summed E-state index contributed by atoms with van der Waals surface area (Å²) in [7, 11) is -4.67. The van der Waals surface area contributed by atoms with Gasteiger partial charge in [-0.15, -0.1) is 6.58 Å². The fourth-order valence-corrected chi connectivity index (χ4v) is 1.21. The standard InChI is InChI=1S/C13H18O3.H2O4S/c1-2-6-12(14)11-15-9-10-16-13-7-4-3-5-8-13;1-5(2,3)4/h2-5,7-8,12,14H,1,6,9-11H2;(H2,1,2,3,4). The number of rotatable bonds is 8. The Bertz CT molecular complexity index is 465. The van der Waals surface area contributed by atoms with Crippen LogP contribution in [-0.4, -0.2) is 48.6 Å². The molecule has 1 unspecified atom stereocenters. The maximum Gasteiger partial charge on any atom is 0.394 e. The molecular weight excluding hydrogens is 300 g/mol. The summed E-state index contributed by atoms with van der Waals surface area (Å²) in [6.07, 6.45) is 1.77. The quantitative estimate of drug-likeness (QED) is 0.376. The molecule has 0 aliphatic carbocycles. The van der Waals surface area contributed by atoms with Gasteiger partial charge in [0, 0.05) is 0 Å². The molecule has 0 fully saturated rings. The number of benzene rings is 1. The fourth-order valence-electron chi connectivity index (χ4n) is 1.21. The van der Waals surface area contributed by atoms with Gasteiger partial charge in [0.1, 0.15) is 12.4 Å². The summed E-state index contributed by atoms with van der Waals surface area (Å²) in [5.41, 5.74) is 0. The van der Waals surface area contributed by atoms with Crippen LogP contribution in [0.5, 0.6) is 5.75 Å². The molecule has 1 atom stereocenters. The maximum absolute atomic E-state index is 9.33. The van der Waals surface area contributed by atoms with E-state index >= 15 is 0 Å². The Hall–Kier alpha value is -1.45. The number of ether oxygens (including phenoxy) is 2. The molecular formula is C13H20O7S. The predicted octanol–water partition coefficient (Wildman–Crippen LogP) is 1.37. The largest absolute Gasteiger partial charge is 0.491 e. The Labute approximate surface area is 124 Å². The normalized spacial score (nSPS) is 12.0. The van der Waals surface area contributed by atoms with Crippen molar-refractivity contribution in [3.63, 3.8) is 0 Å². The van der Waals surface area contributed by atoms with Gasteiger partial charge in [-0.3, -0.25) is 9.11 Å². The summed E-state index contributed by atoms with van der Waals surface area (Å²) in [4.78, 5) is 0. The van der Waals surface area contributed by atoms with Gasteiger partial charge >= 0.3 is 10.4 Å². The second-order valence-electron chi connectivity index (χ2n) is 3.86. The number of aliphatic hydroxyl groups excluding tert-OH is 1. The molecule has 1 aromatic rings. The lowest BCUT2D eigenvalue weighted by atomic mass is 10.3. The minimum atomic E-state index is -4.67. The Kier molecular flexibility index (Phi) is 10.5. The average Bonchev–Trinajstić information content (AvgIpc) is 2.38. The van der Waals surface area contributed by atoms with Gasteiger partial charge in [-0.05, 0) is 18.6 Å². The zero-order chi connectivity index (χ0) is 16.1. The summed E-state index contributed by atoms with van der Waals surface area (Å²) in [5, 5.41) is 9.33. The molecule has 8 heteroatoms. The van der Waals surface area contributed by atoms with Crippen LogP contribution in [0.4, 0.5) is 0 Å². The second-order valence-corrected chi connectivity index (χ2v) is 4.76. The van der Waals surface area contributed by atoms with Crippen molar-refractivity contribution in [1.82, 2.24) is 0 Å². The zero-order valence-corrected chi connectivity index (χ0v) is 12.3. The zero-order valence-electron chi connectivity index (χ0n) is 11.5. The highest BCUT2D eigenvalue weighted by Crippen LogP contribution is 2.07. The monoisotopic (exact) mass is 320 g/mol. The molecule has 0 heterocycles. The smallest absolute Gasteiger partial charge is 0.394 e. The van der Waals surface area contributed by atoms with Crippen LogP contribution in [0.1, 0.15) is 6.42 Å². The first kappa shape index (κ1) is 19.6. The van der Waals surface area contributed by atoms with Crippen LogP contribution in [-0.2, 0) is 15.1 Å². The van der Waals surface area contributed by atoms with E-state index in [0.29, 0.717) is 26.2 Å². The van der Waals surface area contributed by atoms with E-state index < -0.39 is 16.5 Å². The van der Waals surface area contributed by atoms with Crippen molar-refractivity contribution in [3.8, 4) is 5.75 Å². The molecule has 7 nitrogen and oxygen atoms in total. The van der Waals surface area contributed by atoms with Crippen molar-refractivity contribution in [2.45, 2.75) is 12.5 Å². The minimum Gasteiger partial charge on any atom is -0.491 e. The lowest BCUT2D eigenvalue weighted by Gasteiger charge is -2.09. The molecule has 21 heavy (non-hydrogen) atoms. The number of hydrogen-bond acceptors (Lipinski definition) is 5. The van der Waals surface area contributed by atoms with Gasteiger partial charge in [-0.1, -0.05) is 24.3 Å². The molecule has 1 rings (SSSR count). The first-order valence-electron chi connectivity index (χ1n) is 6.07. The highest BCUT2D eigenvalue weighted by Gasteiger charge is 2.00. The van der Waals surface area contributed by atoms with Gasteiger partial charge < -0.3 is 14.6 Å². The van der Waals surface area contributed by atoms with Crippen LogP contribution in [0.2, 0.25) is 0 Å². The number of para-hydroxylation sites is 1. The molecule has 1 aromatic carbocycles. The number of aliphatic hydroxyl groups is 1. The molecule has 0 spiro atoms. The van der Waals surface area contributed by atoms with Gasteiger partial charge in [0.15, 0.2) is 0 Å². The van der Waals surface area contributed by atoms with E-state index in [9.17, 15) is 5.11 Å². The summed E-state index contributed by atoms with van der Waals surface area (Å²) >= 11 is 0. The van der Waals surface area contributed by atoms with Crippen LogP contribution in [0, 0.1) is 0 Å². The molecule has 120 valence electrons. The van der Waals surface area contributed by atoms with Crippen LogP contribution in [0.25, 0.3) is 0 Å². The topological polar surface area (TPSA) is 113 Å². The molecule has 3 N–H and O–H groups in total. The maximum atomic E-state index is 9.33. The Morgan fingerprint density at radius 3 is 2.29 bits per heavy atom. The van der Waals surface area contributed by atoms with E-state index in [1.165, 1.54) is 0 Å². The van der Waals surface area contributed by atoms with Crippen LogP contribution < -0.4 is 4.74 Å². The fraction of sp³-hybridized carbons (Fsp3) is 0.385. The van der Waals surface area contributed by atoms with Gasteiger partial charge in [0.05, 0.1) is 19.3 Å². The van der Waals surface area contributed by atoms with Crippen molar-refractivity contribution < 1.29 is 32.1 Å². The molecule has 0 aromatic heterocycles. The minimum absolute atomic E-state index is 0.324. The van der Waals surface area contributed by atoms with E-state index in [1.54, 1.807) is 6.08 Å². The van der Waals surface area contributed by atoms with Gasteiger partial charge in [-0.2, -0.15) is 8.42 Å². The van der Waals surface area contributed by atoms with Crippen molar-refractivity contribution in [1.29, 1.82) is 0 Å². The third-order valence-corrected chi connectivity index (χ3v) is 1.99. The van der Waals surface area contributed by atoms with E-state index in [0.717, 1.165) is 5.75 Å². The number of hydrogen-bond donors (Lipinski definition) is 3. The van der Waals surface area contributed by atoms with Gasteiger partial charge in [-0.25, -0.2) is 0 Å². The predicted molar refractivity (Wildman–Crippen MR) is 77.8 cm³/mol.